The molecule has 4 nitrogen and oxygen atoms in total. The zero-order valence-corrected chi connectivity index (χ0v) is 11.6. The molecule has 0 aromatic heterocycles. The highest BCUT2D eigenvalue weighted by Crippen LogP contribution is 2.14. The molecule has 0 unspecified atom stereocenters. The molecule has 0 fully saturated rings. The van der Waals surface area contributed by atoms with Crippen LogP contribution in [0.4, 0.5) is 14.9 Å². The monoisotopic (exact) mass is 288 g/mol. The SMILES string of the molecule is Cc1ccccc1NC(=O)NC[C@@H](O)c1ccc(F)cc1. The van der Waals surface area contributed by atoms with Crippen LogP contribution in [-0.4, -0.2) is 17.7 Å². The van der Waals surface area contributed by atoms with E-state index >= 15 is 0 Å². The Bertz CT molecular complexity index is 614. The van der Waals surface area contributed by atoms with Crippen LogP contribution in [0.3, 0.4) is 0 Å². The Balaban J connectivity index is 1.86. The van der Waals surface area contributed by atoms with Crippen LogP contribution in [-0.2, 0) is 0 Å². The van der Waals surface area contributed by atoms with Crippen molar-refractivity contribution < 1.29 is 14.3 Å². The van der Waals surface area contributed by atoms with E-state index in [0.717, 1.165) is 5.56 Å². The first-order chi connectivity index (χ1) is 10.1. The Morgan fingerprint density at radius 1 is 1.19 bits per heavy atom. The van der Waals surface area contributed by atoms with Crippen LogP contribution in [0.25, 0.3) is 0 Å². The van der Waals surface area contributed by atoms with E-state index < -0.39 is 12.1 Å². The zero-order chi connectivity index (χ0) is 15.2. The molecular formula is C16H17FN2O2. The van der Waals surface area contributed by atoms with Gasteiger partial charge in [0, 0.05) is 12.2 Å². The Kier molecular flexibility index (Phi) is 4.90. The average molecular weight is 288 g/mol. The van der Waals surface area contributed by atoms with Crippen molar-refractivity contribution >= 4 is 11.7 Å². The number of carbonyl (C=O) groups excluding carboxylic acids is 1. The largest absolute Gasteiger partial charge is 0.387 e. The first-order valence-corrected chi connectivity index (χ1v) is 6.60. The van der Waals surface area contributed by atoms with Crippen molar-refractivity contribution in [2.24, 2.45) is 0 Å². The van der Waals surface area contributed by atoms with Crippen LogP contribution in [0.1, 0.15) is 17.2 Å². The number of nitrogens with one attached hydrogen (secondary N) is 2. The van der Waals surface area contributed by atoms with Crippen molar-refractivity contribution in [3.63, 3.8) is 0 Å². The number of rotatable bonds is 4. The summed E-state index contributed by atoms with van der Waals surface area (Å²) in [7, 11) is 0. The van der Waals surface area contributed by atoms with Crippen LogP contribution in [0.15, 0.2) is 48.5 Å². The highest BCUT2D eigenvalue weighted by molar-refractivity contribution is 5.90. The molecule has 5 heteroatoms. The highest BCUT2D eigenvalue weighted by atomic mass is 19.1. The molecule has 0 bridgehead atoms. The van der Waals surface area contributed by atoms with Gasteiger partial charge in [-0.05, 0) is 36.2 Å². The minimum atomic E-state index is -0.881. The quantitative estimate of drug-likeness (QED) is 0.810. The summed E-state index contributed by atoms with van der Waals surface area (Å²) in [5, 5.41) is 15.2. The number of aliphatic hydroxyl groups is 1. The van der Waals surface area contributed by atoms with Gasteiger partial charge in [0.1, 0.15) is 5.82 Å². The van der Waals surface area contributed by atoms with Gasteiger partial charge in [0.15, 0.2) is 0 Å². The van der Waals surface area contributed by atoms with E-state index in [1.807, 2.05) is 25.1 Å². The predicted octanol–water partition coefficient (Wildman–Crippen LogP) is 2.99. The summed E-state index contributed by atoms with van der Waals surface area (Å²) in [5.74, 6) is -0.365. The number of aryl methyl sites for hydroxylation is 1. The summed E-state index contributed by atoms with van der Waals surface area (Å²) in [6, 6.07) is 12.5. The van der Waals surface area contributed by atoms with Crippen molar-refractivity contribution in [1.82, 2.24) is 5.32 Å². The van der Waals surface area contributed by atoms with Crippen molar-refractivity contribution in [3.8, 4) is 0 Å². The fourth-order valence-corrected chi connectivity index (χ4v) is 1.87. The number of carbonyl (C=O) groups is 1. The topological polar surface area (TPSA) is 61.4 Å². The summed E-state index contributed by atoms with van der Waals surface area (Å²) in [4.78, 5) is 11.8. The van der Waals surface area contributed by atoms with Gasteiger partial charge < -0.3 is 15.7 Å². The Morgan fingerprint density at radius 3 is 2.52 bits per heavy atom. The highest BCUT2D eigenvalue weighted by Gasteiger charge is 2.10. The molecule has 2 rings (SSSR count). The van der Waals surface area contributed by atoms with Gasteiger partial charge in [0.2, 0.25) is 0 Å². The lowest BCUT2D eigenvalue weighted by Crippen LogP contribution is -2.32. The number of halogens is 1. The fraction of sp³-hybridized carbons (Fsp3) is 0.188. The summed E-state index contributed by atoms with van der Waals surface area (Å²) < 4.78 is 12.8. The number of benzene rings is 2. The van der Waals surface area contributed by atoms with Gasteiger partial charge in [-0.15, -0.1) is 0 Å². The van der Waals surface area contributed by atoms with Gasteiger partial charge >= 0.3 is 6.03 Å². The minimum absolute atomic E-state index is 0.0450. The number of aliphatic hydroxyl groups excluding tert-OH is 1. The molecule has 0 aliphatic rings. The van der Waals surface area contributed by atoms with Gasteiger partial charge in [0.05, 0.1) is 6.10 Å². The van der Waals surface area contributed by atoms with Gasteiger partial charge in [-0.2, -0.15) is 0 Å². The molecule has 1 atom stereocenters. The first kappa shape index (κ1) is 15.0. The summed E-state index contributed by atoms with van der Waals surface area (Å²) in [6.07, 6.45) is -0.881. The van der Waals surface area contributed by atoms with Crippen molar-refractivity contribution in [3.05, 3.63) is 65.5 Å². The van der Waals surface area contributed by atoms with E-state index in [0.29, 0.717) is 11.3 Å². The van der Waals surface area contributed by atoms with Crippen LogP contribution in [0.5, 0.6) is 0 Å². The van der Waals surface area contributed by atoms with Crippen LogP contribution in [0, 0.1) is 12.7 Å². The predicted molar refractivity (Wildman–Crippen MR) is 79.6 cm³/mol. The Labute approximate surface area is 122 Å². The second-order valence-electron chi connectivity index (χ2n) is 4.72. The van der Waals surface area contributed by atoms with Gasteiger partial charge in [0.25, 0.3) is 0 Å². The summed E-state index contributed by atoms with van der Waals surface area (Å²) >= 11 is 0. The normalized spacial score (nSPS) is 11.8. The minimum Gasteiger partial charge on any atom is -0.387 e. The molecular weight excluding hydrogens is 271 g/mol. The second kappa shape index (κ2) is 6.85. The molecule has 0 aliphatic heterocycles. The van der Waals surface area contributed by atoms with E-state index in [2.05, 4.69) is 10.6 Å². The molecule has 0 heterocycles. The van der Waals surface area contributed by atoms with Crippen molar-refractivity contribution in [2.75, 3.05) is 11.9 Å². The third-order valence-corrected chi connectivity index (χ3v) is 3.10. The lowest BCUT2D eigenvalue weighted by Gasteiger charge is -2.13. The van der Waals surface area contributed by atoms with Crippen LogP contribution >= 0.6 is 0 Å². The Hall–Kier alpha value is -2.40. The molecule has 0 radical (unpaired) electrons. The molecule has 0 saturated carbocycles. The molecule has 21 heavy (non-hydrogen) atoms. The standard InChI is InChI=1S/C16H17FN2O2/c1-11-4-2-3-5-14(11)19-16(21)18-10-15(20)12-6-8-13(17)9-7-12/h2-9,15,20H,10H2,1H3,(H2,18,19,21)/t15-/m1/s1. The molecule has 3 N–H and O–H groups in total. The third-order valence-electron chi connectivity index (χ3n) is 3.10. The smallest absolute Gasteiger partial charge is 0.319 e. The number of para-hydroxylation sites is 1. The summed E-state index contributed by atoms with van der Waals surface area (Å²) in [6.45, 7) is 1.94. The van der Waals surface area contributed by atoms with E-state index in [1.165, 1.54) is 24.3 Å². The van der Waals surface area contributed by atoms with Crippen molar-refractivity contribution in [2.45, 2.75) is 13.0 Å². The lowest BCUT2D eigenvalue weighted by molar-refractivity contribution is 0.175. The van der Waals surface area contributed by atoms with E-state index in [-0.39, 0.29) is 12.4 Å². The van der Waals surface area contributed by atoms with Crippen LogP contribution in [0.2, 0.25) is 0 Å². The molecule has 2 aromatic rings. The summed E-state index contributed by atoms with van der Waals surface area (Å²) in [5.41, 5.74) is 2.21. The second-order valence-corrected chi connectivity index (χ2v) is 4.72. The zero-order valence-electron chi connectivity index (χ0n) is 11.6. The molecule has 0 aliphatic carbocycles. The fourth-order valence-electron chi connectivity index (χ4n) is 1.87. The van der Waals surface area contributed by atoms with E-state index in [4.69, 9.17) is 0 Å². The number of hydrogen-bond acceptors (Lipinski definition) is 2. The van der Waals surface area contributed by atoms with Crippen LogP contribution < -0.4 is 10.6 Å². The molecule has 0 spiro atoms. The van der Waals surface area contributed by atoms with Crippen molar-refractivity contribution in [1.29, 1.82) is 0 Å². The number of anilines is 1. The van der Waals surface area contributed by atoms with E-state index in [9.17, 15) is 14.3 Å². The lowest BCUT2D eigenvalue weighted by atomic mass is 10.1. The van der Waals surface area contributed by atoms with Gasteiger partial charge in [-0.25, -0.2) is 9.18 Å². The maximum Gasteiger partial charge on any atom is 0.319 e. The number of urea groups is 1. The average Bonchev–Trinajstić information content (AvgIpc) is 2.48. The first-order valence-electron chi connectivity index (χ1n) is 6.60. The molecule has 2 aromatic carbocycles. The van der Waals surface area contributed by atoms with E-state index in [1.54, 1.807) is 6.07 Å². The number of hydrogen-bond donors (Lipinski definition) is 3. The Morgan fingerprint density at radius 2 is 1.86 bits per heavy atom. The van der Waals surface area contributed by atoms with Gasteiger partial charge in [-0.1, -0.05) is 30.3 Å². The maximum atomic E-state index is 12.8. The molecule has 2 amide bonds. The maximum absolute atomic E-state index is 12.8. The molecule has 0 saturated heterocycles. The third kappa shape index (κ3) is 4.29. The molecule has 110 valence electrons. The van der Waals surface area contributed by atoms with Gasteiger partial charge in [-0.3, -0.25) is 0 Å². The number of amides is 2.